The van der Waals surface area contributed by atoms with Crippen molar-refractivity contribution in [2.45, 2.75) is 20.4 Å². The van der Waals surface area contributed by atoms with Gasteiger partial charge in [0.05, 0.1) is 0 Å². The lowest BCUT2D eigenvalue weighted by Gasteiger charge is -2.11. The summed E-state index contributed by atoms with van der Waals surface area (Å²) < 4.78 is 10.6. The molecule has 0 unspecified atom stereocenters. The Bertz CT molecular complexity index is 1040. The van der Waals surface area contributed by atoms with Gasteiger partial charge in [-0.1, -0.05) is 18.2 Å². The van der Waals surface area contributed by atoms with Gasteiger partial charge in [-0.05, 0) is 48.7 Å². The first-order valence-electron chi connectivity index (χ1n) is 8.92. The van der Waals surface area contributed by atoms with E-state index in [9.17, 15) is 4.79 Å². The second-order valence-corrected chi connectivity index (χ2v) is 6.53. The lowest BCUT2D eigenvalue weighted by Crippen LogP contribution is -2.24. The molecule has 1 aliphatic rings. The first kappa shape index (κ1) is 17.8. The number of nitrogens with one attached hydrogen (secondary N) is 2. The number of ether oxygens (including phenoxy) is 2. The smallest absolute Gasteiger partial charge is 0.270 e. The van der Waals surface area contributed by atoms with Crippen LogP contribution in [0.25, 0.3) is 0 Å². The monoisotopic (exact) mass is 376 g/mol. The molecule has 142 valence electrons. The number of fused-ring (bicyclic) bond motifs is 1. The minimum atomic E-state index is -0.274. The van der Waals surface area contributed by atoms with Gasteiger partial charge in [0.15, 0.2) is 11.5 Å². The number of carbonyl (C=O) groups excluding carboxylic acids is 1. The fourth-order valence-electron chi connectivity index (χ4n) is 2.90. The summed E-state index contributed by atoms with van der Waals surface area (Å²) in [5.74, 6) is 1.70. The third kappa shape index (κ3) is 3.73. The molecule has 0 radical (unpaired) electrons. The third-order valence-corrected chi connectivity index (χ3v) is 4.66. The normalized spacial score (nSPS) is 11.9. The Kier molecular flexibility index (Phi) is 4.80. The second kappa shape index (κ2) is 7.56. The molecule has 28 heavy (non-hydrogen) atoms. The summed E-state index contributed by atoms with van der Waals surface area (Å²) in [6.45, 7) is 4.68. The van der Waals surface area contributed by atoms with Gasteiger partial charge in [0, 0.05) is 18.3 Å². The van der Waals surface area contributed by atoms with E-state index in [-0.39, 0.29) is 12.7 Å². The zero-order chi connectivity index (χ0) is 19.5. The van der Waals surface area contributed by atoms with Crippen LogP contribution in [-0.2, 0) is 6.54 Å². The average molecular weight is 376 g/mol. The topological polar surface area (TPSA) is 85.4 Å². The summed E-state index contributed by atoms with van der Waals surface area (Å²) in [4.78, 5) is 20.8. The maximum Gasteiger partial charge on any atom is 0.270 e. The van der Waals surface area contributed by atoms with Crippen molar-refractivity contribution in [3.63, 3.8) is 0 Å². The van der Waals surface area contributed by atoms with E-state index >= 15 is 0 Å². The number of amides is 1. The van der Waals surface area contributed by atoms with Crippen molar-refractivity contribution in [1.29, 1.82) is 0 Å². The van der Waals surface area contributed by atoms with Crippen LogP contribution in [0.15, 0.2) is 48.8 Å². The summed E-state index contributed by atoms with van der Waals surface area (Å²) >= 11 is 0. The molecule has 2 N–H and O–H groups in total. The van der Waals surface area contributed by atoms with E-state index < -0.39 is 0 Å². The maximum absolute atomic E-state index is 12.5. The first-order chi connectivity index (χ1) is 13.6. The molecule has 0 spiro atoms. The number of carbonyl (C=O) groups is 1. The number of benzene rings is 2. The Labute approximate surface area is 162 Å². The van der Waals surface area contributed by atoms with Crippen LogP contribution in [0.2, 0.25) is 0 Å². The number of aromatic nitrogens is 2. The number of rotatable bonds is 5. The fourth-order valence-corrected chi connectivity index (χ4v) is 2.90. The van der Waals surface area contributed by atoms with Crippen molar-refractivity contribution in [2.24, 2.45) is 0 Å². The van der Waals surface area contributed by atoms with Crippen molar-refractivity contribution in [3.8, 4) is 11.5 Å². The number of hydrogen-bond donors (Lipinski definition) is 2. The predicted molar refractivity (Wildman–Crippen MR) is 105 cm³/mol. The van der Waals surface area contributed by atoms with Crippen LogP contribution in [0.5, 0.6) is 11.5 Å². The van der Waals surface area contributed by atoms with Crippen molar-refractivity contribution < 1.29 is 14.3 Å². The Balaban J connectivity index is 1.43. The van der Waals surface area contributed by atoms with Crippen molar-refractivity contribution in [3.05, 3.63) is 71.2 Å². The minimum Gasteiger partial charge on any atom is -0.454 e. The van der Waals surface area contributed by atoms with Crippen LogP contribution in [0.4, 0.5) is 11.5 Å². The average Bonchev–Trinajstić information content (AvgIpc) is 3.18. The molecule has 7 heteroatoms. The lowest BCUT2D eigenvalue weighted by molar-refractivity contribution is 0.0945. The highest BCUT2D eigenvalue weighted by atomic mass is 16.7. The molecule has 7 nitrogen and oxygen atoms in total. The van der Waals surface area contributed by atoms with E-state index in [1.165, 1.54) is 11.9 Å². The zero-order valence-corrected chi connectivity index (χ0v) is 15.7. The van der Waals surface area contributed by atoms with Gasteiger partial charge >= 0.3 is 0 Å². The van der Waals surface area contributed by atoms with Crippen LogP contribution < -0.4 is 20.1 Å². The molecule has 4 rings (SSSR count). The first-order valence-corrected chi connectivity index (χ1v) is 8.92. The zero-order valence-electron chi connectivity index (χ0n) is 15.7. The van der Waals surface area contributed by atoms with Gasteiger partial charge in [0.25, 0.3) is 5.91 Å². The third-order valence-electron chi connectivity index (χ3n) is 4.66. The number of anilines is 2. The standard InChI is InChI=1S/C21H20N4O3/c1-13-4-3-5-16(14(13)2)25-20-9-17(23-11-24-20)21(26)22-10-15-6-7-18-19(8-15)28-12-27-18/h3-9,11H,10,12H2,1-2H3,(H,22,26)(H,23,24,25). The second-order valence-electron chi connectivity index (χ2n) is 6.53. The Morgan fingerprint density at radius 2 is 1.93 bits per heavy atom. The fraction of sp³-hybridized carbons (Fsp3) is 0.190. The highest BCUT2D eigenvalue weighted by Gasteiger charge is 2.14. The molecule has 1 aromatic heterocycles. The molecule has 0 aliphatic carbocycles. The van der Waals surface area contributed by atoms with Gasteiger partial charge in [-0.15, -0.1) is 0 Å². The highest BCUT2D eigenvalue weighted by molar-refractivity contribution is 5.93. The molecule has 0 bridgehead atoms. The largest absolute Gasteiger partial charge is 0.454 e. The molecule has 3 aromatic rings. The van der Waals surface area contributed by atoms with Gasteiger partial charge in [0.2, 0.25) is 6.79 Å². The molecule has 2 aromatic carbocycles. The number of hydrogen-bond acceptors (Lipinski definition) is 6. The van der Waals surface area contributed by atoms with E-state index in [0.717, 1.165) is 16.8 Å². The van der Waals surface area contributed by atoms with Crippen LogP contribution in [0, 0.1) is 13.8 Å². The van der Waals surface area contributed by atoms with E-state index in [1.54, 1.807) is 6.07 Å². The van der Waals surface area contributed by atoms with Crippen LogP contribution in [0.3, 0.4) is 0 Å². The van der Waals surface area contributed by atoms with Gasteiger partial charge in [0.1, 0.15) is 17.8 Å². The molecule has 1 aliphatic heterocycles. The van der Waals surface area contributed by atoms with Crippen molar-refractivity contribution in [1.82, 2.24) is 15.3 Å². The molecule has 0 saturated carbocycles. The van der Waals surface area contributed by atoms with E-state index in [1.807, 2.05) is 37.3 Å². The molecular weight excluding hydrogens is 356 g/mol. The quantitative estimate of drug-likeness (QED) is 0.709. The van der Waals surface area contributed by atoms with Gasteiger partial charge < -0.3 is 20.1 Å². The number of aryl methyl sites for hydroxylation is 1. The molecule has 1 amide bonds. The van der Waals surface area contributed by atoms with Gasteiger partial charge in [-0.3, -0.25) is 4.79 Å². The summed E-state index contributed by atoms with van der Waals surface area (Å²) in [6, 6.07) is 13.2. The molecule has 0 saturated heterocycles. The van der Waals surface area contributed by atoms with E-state index in [4.69, 9.17) is 9.47 Å². The lowest BCUT2D eigenvalue weighted by atomic mass is 10.1. The Morgan fingerprint density at radius 1 is 1.07 bits per heavy atom. The maximum atomic E-state index is 12.5. The predicted octanol–water partition coefficient (Wildman–Crippen LogP) is 3.50. The SMILES string of the molecule is Cc1cccc(Nc2cc(C(=O)NCc3ccc4c(c3)OCO4)ncn2)c1C. The van der Waals surface area contributed by atoms with Crippen molar-refractivity contribution >= 4 is 17.4 Å². The van der Waals surface area contributed by atoms with E-state index in [2.05, 4.69) is 33.6 Å². The van der Waals surface area contributed by atoms with Crippen LogP contribution in [-0.4, -0.2) is 22.7 Å². The molecule has 2 heterocycles. The van der Waals surface area contributed by atoms with Crippen LogP contribution >= 0.6 is 0 Å². The van der Waals surface area contributed by atoms with Gasteiger partial charge in [-0.25, -0.2) is 9.97 Å². The molecule has 0 atom stereocenters. The van der Waals surface area contributed by atoms with E-state index in [0.29, 0.717) is 29.6 Å². The summed E-state index contributed by atoms with van der Waals surface area (Å²) in [7, 11) is 0. The van der Waals surface area contributed by atoms with Gasteiger partial charge in [-0.2, -0.15) is 0 Å². The Morgan fingerprint density at radius 3 is 2.82 bits per heavy atom. The number of nitrogens with zero attached hydrogens (tertiary/aromatic N) is 2. The summed E-state index contributed by atoms with van der Waals surface area (Å²) in [5.41, 5.74) is 4.48. The van der Waals surface area contributed by atoms with Crippen molar-refractivity contribution in [2.75, 3.05) is 12.1 Å². The summed E-state index contributed by atoms with van der Waals surface area (Å²) in [6.07, 6.45) is 1.38. The van der Waals surface area contributed by atoms with Crippen LogP contribution in [0.1, 0.15) is 27.2 Å². The molecular formula is C21H20N4O3. The Hall–Kier alpha value is -3.61. The summed E-state index contributed by atoms with van der Waals surface area (Å²) in [5, 5.41) is 6.11. The molecule has 0 fully saturated rings. The highest BCUT2D eigenvalue weighted by Crippen LogP contribution is 2.32. The minimum absolute atomic E-state index is 0.224.